The zero-order valence-corrected chi connectivity index (χ0v) is 26.2. The summed E-state index contributed by atoms with van der Waals surface area (Å²) in [6.07, 6.45) is -0.247. The first kappa shape index (κ1) is 35.5. The molecule has 0 heterocycles. The molecule has 0 bridgehead atoms. The van der Waals surface area contributed by atoms with Crippen LogP contribution in [0.3, 0.4) is 0 Å². The highest BCUT2D eigenvalue weighted by Gasteiger charge is 2.59. The van der Waals surface area contributed by atoms with Crippen molar-refractivity contribution in [2.45, 2.75) is 12.8 Å². The number of halogens is 4. The van der Waals surface area contributed by atoms with Gasteiger partial charge in [-0.05, 0) is 110 Å². The standard InChI is InChI=1S/C37H28F4O9/c38-27-9-1-23(2-10-27)31(42)47-19-36(20-48-32(43)24-3-11-28(39)12-4-24)17-18-37(35(36)46,21-49-33(44)25-5-13-29(40)14-6-25)22-50-34(45)26-7-15-30(41)16-8-26/h1-16H,17-22H2. The third-order valence-corrected chi connectivity index (χ3v) is 8.28. The first-order valence-electron chi connectivity index (χ1n) is 15.2. The molecule has 4 aromatic carbocycles. The Kier molecular flexibility index (Phi) is 10.7. The summed E-state index contributed by atoms with van der Waals surface area (Å²) in [5.41, 5.74) is -3.69. The van der Waals surface area contributed by atoms with Crippen LogP contribution in [0.15, 0.2) is 97.1 Å². The molecule has 0 radical (unpaired) electrons. The Morgan fingerprint density at radius 2 is 0.620 bits per heavy atom. The maximum Gasteiger partial charge on any atom is 0.338 e. The molecule has 9 nitrogen and oxygen atoms in total. The lowest BCUT2D eigenvalue weighted by Gasteiger charge is -2.31. The summed E-state index contributed by atoms with van der Waals surface area (Å²) in [4.78, 5) is 66.2. The van der Waals surface area contributed by atoms with Gasteiger partial charge in [-0.25, -0.2) is 36.7 Å². The van der Waals surface area contributed by atoms with E-state index in [1.165, 1.54) is 48.5 Å². The molecular weight excluding hydrogens is 664 g/mol. The first-order chi connectivity index (χ1) is 23.9. The number of carbonyl (C=O) groups excluding carboxylic acids is 5. The van der Waals surface area contributed by atoms with Crippen LogP contribution in [-0.2, 0) is 23.7 Å². The van der Waals surface area contributed by atoms with E-state index < -0.39 is 90.2 Å². The SMILES string of the molecule is O=C(OCC1(COC(=O)c2ccc(F)cc2)CCC(COC(=O)c2ccc(F)cc2)(COC(=O)c2ccc(F)cc2)C1=O)c1ccc(F)cc1. The van der Waals surface area contributed by atoms with E-state index in [0.29, 0.717) is 0 Å². The fourth-order valence-electron chi connectivity index (χ4n) is 5.39. The third-order valence-electron chi connectivity index (χ3n) is 8.28. The van der Waals surface area contributed by atoms with E-state index >= 15 is 0 Å². The number of rotatable bonds is 12. The van der Waals surface area contributed by atoms with Gasteiger partial charge in [0.25, 0.3) is 0 Å². The molecule has 0 unspecified atom stereocenters. The van der Waals surface area contributed by atoms with E-state index in [4.69, 9.17) is 18.9 Å². The minimum Gasteiger partial charge on any atom is -0.461 e. The van der Waals surface area contributed by atoms with E-state index in [9.17, 15) is 41.5 Å². The largest absolute Gasteiger partial charge is 0.461 e. The number of Topliss-reactive ketones (excluding diaryl/α,β-unsaturated/α-hetero) is 1. The second kappa shape index (κ2) is 15.1. The van der Waals surface area contributed by atoms with Crippen molar-refractivity contribution in [2.75, 3.05) is 26.4 Å². The highest BCUT2D eigenvalue weighted by molar-refractivity contribution is 5.96. The van der Waals surface area contributed by atoms with Gasteiger partial charge in [0.2, 0.25) is 0 Å². The predicted octanol–water partition coefficient (Wildman–Crippen LogP) is 6.31. The zero-order valence-electron chi connectivity index (χ0n) is 26.2. The van der Waals surface area contributed by atoms with E-state index in [-0.39, 0.29) is 35.1 Å². The molecule has 0 aliphatic heterocycles. The van der Waals surface area contributed by atoms with Crippen LogP contribution in [0.4, 0.5) is 17.6 Å². The number of esters is 4. The number of hydrogen-bond donors (Lipinski definition) is 0. The molecule has 0 N–H and O–H groups in total. The molecule has 1 aliphatic carbocycles. The maximum absolute atomic E-state index is 14.6. The lowest BCUT2D eigenvalue weighted by Crippen LogP contribution is -2.47. The molecule has 1 saturated carbocycles. The van der Waals surface area contributed by atoms with Crippen molar-refractivity contribution in [1.82, 2.24) is 0 Å². The molecule has 0 amide bonds. The van der Waals surface area contributed by atoms with Crippen molar-refractivity contribution < 1.29 is 60.5 Å². The number of ketones is 1. The summed E-state index contributed by atoms with van der Waals surface area (Å²) >= 11 is 0. The second-order valence-electron chi connectivity index (χ2n) is 11.7. The molecule has 1 aliphatic rings. The zero-order chi connectivity index (χ0) is 35.9. The van der Waals surface area contributed by atoms with Gasteiger partial charge in [-0.3, -0.25) is 4.79 Å². The van der Waals surface area contributed by atoms with Gasteiger partial charge >= 0.3 is 23.9 Å². The average molecular weight is 693 g/mol. The number of ether oxygens (including phenoxy) is 4. The van der Waals surface area contributed by atoms with Crippen molar-refractivity contribution in [1.29, 1.82) is 0 Å². The minimum absolute atomic E-state index is 0.0389. The Labute approximate surface area is 282 Å². The third kappa shape index (κ3) is 8.23. The fraction of sp³-hybridized carbons (Fsp3) is 0.216. The van der Waals surface area contributed by atoms with E-state index in [1.807, 2.05) is 0 Å². The van der Waals surface area contributed by atoms with Crippen molar-refractivity contribution in [3.8, 4) is 0 Å². The highest BCUT2D eigenvalue weighted by Crippen LogP contribution is 2.48. The number of hydrogen-bond acceptors (Lipinski definition) is 9. The molecule has 0 saturated heterocycles. The van der Waals surface area contributed by atoms with Gasteiger partial charge in [0.15, 0.2) is 5.78 Å². The van der Waals surface area contributed by atoms with Crippen LogP contribution in [-0.4, -0.2) is 56.1 Å². The highest BCUT2D eigenvalue weighted by atomic mass is 19.1. The predicted molar refractivity (Wildman–Crippen MR) is 166 cm³/mol. The molecule has 50 heavy (non-hydrogen) atoms. The summed E-state index contributed by atoms with van der Waals surface area (Å²) in [5.74, 6) is -6.87. The van der Waals surface area contributed by atoms with Gasteiger partial charge < -0.3 is 18.9 Å². The van der Waals surface area contributed by atoms with E-state index in [2.05, 4.69) is 0 Å². The normalized spacial score (nSPS) is 14.4. The van der Waals surface area contributed by atoms with Crippen molar-refractivity contribution in [2.24, 2.45) is 10.8 Å². The number of benzene rings is 4. The van der Waals surface area contributed by atoms with Crippen molar-refractivity contribution in [3.05, 3.63) is 143 Å². The molecule has 0 aromatic heterocycles. The average Bonchev–Trinajstić information content (AvgIpc) is 3.39. The quantitative estimate of drug-likeness (QED) is 0.0956. The van der Waals surface area contributed by atoms with E-state index in [0.717, 1.165) is 48.5 Å². The second-order valence-corrected chi connectivity index (χ2v) is 11.7. The Morgan fingerprint density at radius 1 is 0.420 bits per heavy atom. The van der Waals surface area contributed by atoms with Gasteiger partial charge in [-0.2, -0.15) is 0 Å². The number of carbonyl (C=O) groups is 5. The molecule has 0 spiro atoms. The fourth-order valence-corrected chi connectivity index (χ4v) is 5.39. The molecule has 1 fully saturated rings. The van der Waals surface area contributed by atoms with E-state index in [1.54, 1.807) is 0 Å². The molecule has 258 valence electrons. The van der Waals surface area contributed by atoms with Crippen LogP contribution in [0.5, 0.6) is 0 Å². The van der Waals surface area contributed by atoms with Crippen LogP contribution in [0.2, 0.25) is 0 Å². The smallest absolute Gasteiger partial charge is 0.338 e. The van der Waals surface area contributed by atoms with Gasteiger partial charge in [0.05, 0.1) is 33.1 Å². The van der Waals surface area contributed by atoms with Crippen LogP contribution < -0.4 is 0 Å². The molecular formula is C37H28F4O9. The molecule has 13 heteroatoms. The Balaban J connectivity index is 1.43. The van der Waals surface area contributed by atoms with Crippen LogP contribution in [0, 0.1) is 34.1 Å². The monoisotopic (exact) mass is 692 g/mol. The van der Waals surface area contributed by atoms with Gasteiger partial charge in [0.1, 0.15) is 49.7 Å². The van der Waals surface area contributed by atoms with Crippen molar-refractivity contribution >= 4 is 29.7 Å². The Morgan fingerprint density at radius 3 is 0.820 bits per heavy atom. The topological polar surface area (TPSA) is 122 Å². The Bertz CT molecular complexity index is 1610. The van der Waals surface area contributed by atoms with Crippen LogP contribution >= 0.6 is 0 Å². The Hall–Kier alpha value is -5.85. The summed E-state index contributed by atoms with van der Waals surface area (Å²) in [5, 5.41) is 0. The lowest BCUT2D eigenvalue weighted by molar-refractivity contribution is -0.142. The van der Waals surface area contributed by atoms with Crippen LogP contribution in [0.1, 0.15) is 54.3 Å². The van der Waals surface area contributed by atoms with Crippen LogP contribution in [0.25, 0.3) is 0 Å². The first-order valence-corrected chi connectivity index (χ1v) is 15.2. The molecule has 5 rings (SSSR count). The van der Waals surface area contributed by atoms with Crippen molar-refractivity contribution in [3.63, 3.8) is 0 Å². The molecule has 4 aromatic rings. The lowest BCUT2D eigenvalue weighted by atomic mass is 9.79. The van der Waals surface area contributed by atoms with Gasteiger partial charge in [-0.15, -0.1) is 0 Å². The van der Waals surface area contributed by atoms with Gasteiger partial charge in [0, 0.05) is 0 Å². The minimum atomic E-state index is -1.77. The summed E-state index contributed by atoms with van der Waals surface area (Å²) in [6, 6.07) is 17.6. The van der Waals surface area contributed by atoms with Gasteiger partial charge in [-0.1, -0.05) is 0 Å². The summed E-state index contributed by atoms with van der Waals surface area (Å²) in [7, 11) is 0. The maximum atomic E-state index is 14.6. The summed E-state index contributed by atoms with van der Waals surface area (Å²) < 4.78 is 75.7. The summed E-state index contributed by atoms with van der Waals surface area (Å²) in [6.45, 7) is -2.62. The molecule has 0 atom stereocenters.